The summed E-state index contributed by atoms with van der Waals surface area (Å²) in [4.78, 5) is 11.3. The highest BCUT2D eigenvalue weighted by atomic mass is 16.6. The van der Waals surface area contributed by atoms with E-state index in [9.17, 15) is 10.1 Å². The topological polar surface area (TPSA) is 104 Å². The molecule has 0 aliphatic heterocycles. The highest BCUT2D eigenvalue weighted by Crippen LogP contribution is 2.39. The van der Waals surface area contributed by atoms with Gasteiger partial charge in [0.2, 0.25) is 0 Å². The second-order valence-corrected chi connectivity index (χ2v) is 6.36. The fourth-order valence-electron chi connectivity index (χ4n) is 3.64. The molecule has 0 unspecified atom stereocenters. The van der Waals surface area contributed by atoms with Crippen molar-refractivity contribution in [1.29, 1.82) is 0 Å². The molecule has 0 atom stereocenters. The highest BCUT2D eigenvalue weighted by molar-refractivity contribution is 5.77. The predicted molar refractivity (Wildman–Crippen MR) is 98.2 cm³/mol. The zero-order valence-corrected chi connectivity index (χ0v) is 13.9. The molecule has 0 radical (unpaired) electrons. The van der Waals surface area contributed by atoms with Gasteiger partial charge in [0.1, 0.15) is 5.69 Å². The number of nitrogen functional groups attached to an aromatic ring is 1. The molecule has 0 bridgehead atoms. The maximum absolute atomic E-state index is 11.6. The predicted octanol–water partition coefficient (Wildman–Crippen LogP) is 5.13. The van der Waals surface area contributed by atoms with E-state index < -0.39 is 0 Å². The van der Waals surface area contributed by atoms with Crippen LogP contribution in [0.3, 0.4) is 0 Å². The Labute approximate surface area is 142 Å². The summed E-state index contributed by atoms with van der Waals surface area (Å²) >= 11 is 0. The third kappa shape index (κ3) is 3.74. The minimum Gasteiger partial charge on any atom is -0.393 e. The minimum absolute atomic E-state index is 0. The largest absolute Gasteiger partial charge is 0.393 e. The van der Waals surface area contributed by atoms with E-state index in [0.29, 0.717) is 5.92 Å². The van der Waals surface area contributed by atoms with Gasteiger partial charge in [-0.3, -0.25) is 10.1 Å². The van der Waals surface area contributed by atoms with Crippen LogP contribution in [0.2, 0.25) is 0 Å². The van der Waals surface area contributed by atoms with Crippen molar-refractivity contribution < 1.29 is 4.92 Å². The van der Waals surface area contributed by atoms with Crippen LogP contribution in [0, 0.1) is 16.0 Å². The number of benzene rings is 2. The van der Waals surface area contributed by atoms with Crippen molar-refractivity contribution in [3.05, 3.63) is 58.1 Å². The molecule has 1 aliphatic carbocycles. The quantitative estimate of drug-likeness (QED) is 0.461. The van der Waals surface area contributed by atoms with Gasteiger partial charge in [-0.1, -0.05) is 68.5 Å². The molecular weight excluding hydrogens is 302 g/mol. The summed E-state index contributed by atoms with van der Waals surface area (Å²) in [6.07, 6.45) is 6.77. The second kappa shape index (κ2) is 7.93. The zero-order valence-electron chi connectivity index (χ0n) is 13.9. The molecule has 5 N–H and O–H groups in total. The number of nitro groups is 1. The lowest BCUT2D eigenvalue weighted by Gasteiger charge is -2.23. The van der Waals surface area contributed by atoms with Crippen LogP contribution in [-0.2, 0) is 6.42 Å². The Morgan fingerprint density at radius 2 is 1.71 bits per heavy atom. The van der Waals surface area contributed by atoms with Crippen LogP contribution < -0.4 is 11.9 Å². The summed E-state index contributed by atoms with van der Waals surface area (Å²) in [7, 11) is 0. The Kier molecular flexibility index (Phi) is 5.93. The van der Waals surface area contributed by atoms with Crippen molar-refractivity contribution in [2.45, 2.75) is 38.5 Å². The first-order chi connectivity index (χ1) is 11.2. The fourth-order valence-corrected chi connectivity index (χ4v) is 3.64. The van der Waals surface area contributed by atoms with Crippen LogP contribution in [-0.4, -0.2) is 4.92 Å². The van der Waals surface area contributed by atoms with Crippen LogP contribution in [0.1, 0.15) is 37.7 Å². The number of anilines is 1. The summed E-state index contributed by atoms with van der Waals surface area (Å²) in [5.74, 6) is 0.520. The molecule has 0 amide bonds. The van der Waals surface area contributed by atoms with E-state index >= 15 is 0 Å². The number of rotatable bonds is 4. The van der Waals surface area contributed by atoms with Crippen molar-refractivity contribution in [2.24, 2.45) is 5.92 Å². The average molecular weight is 327 g/mol. The first-order valence-corrected chi connectivity index (χ1v) is 8.28. The molecule has 0 aromatic heterocycles. The molecule has 3 rings (SSSR count). The van der Waals surface area contributed by atoms with Crippen LogP contribution in [0.4, 0.5) is 11.4 Å². The van der Waals surface area contributed by atoms with Gasteiger partial charge in [-0.25, -0.2) is 0 Å². The summed E-state index contributed by atoms with van der Waals surface area (Å²) in [5, 5.41) is 11.6. The first-order valence-electron chi connectivity index (χ1n) is 8.28. The lowest BCUT2D eigenvalue weighted by Crippen LogP contribution is -2.12. The molecule has 5 nitrogen and oxygen atoms in total. The van der Waals surface area contributed by atoms with Gasteiger partial charge >= 0.3 is 0 Å². The Hall–Kier alpha value is -2.40. The van der Waals surface area contributed by atoms with E-state index in [1.54, 1.807) is 6.07 Å². The van der Waals surface area contributed by atoms with Crippen molar-refractivity contribution >= 4 is 11.4 Å². The van der Waals surface area contributed by atoms with Gasteiger partial charge < -0.3 is 11.9 Å². The van der Waals surface area contributed by atoms with Crippen molar-refractivity contribution in [3.8, 4) is 11.1 Å². The molecular formula is C19H25N3O2. The lowest BCUT2D eigenvalue weighted by molar-refractivity contribution is -0.384. The fraction of sp³-hybridized carbons (Fsp3) is 0.368. The third-order valence-electron chi connectivity index (χ3n) is 4.80. The molecule has 0 saturated heterocycles. The van der Waals surface area contributed by atoms with Gasteiger partial charge in [-0.15, -0.1) is 0 Å². The summed E-state index contributed by atoms with van der Waals surface area (Å²) < 4.78 is 0. The van der Waals surface area contributed by atoms with Gasteiger partial charge in [0.05, 0.1) is 4.92 Å². The second-order valence-electron chi connectivity index (χ2n) is 6.36. The van der Waals surface area contributed by atoms with E-state index in [4.69, 9.17) is 5.73 Å². The average Bonchev–Trinajstić information content (AvgIpc) is 2.56. The van der Waals surface area contributed by atoms with Crippen molar-refractivity contribution in [1.82, 2.24) is 6.15 Å². The van der Waals surface area contributed by atoms with Gasteiger partial charge in [0.25, 0.3) is 5.69 Å². The normalized spacial score (nSPS) is 14.8. The number of hydrogen-bond acceptors (Lipinski definition) is 4. The molecule has 1 saturated carbocycles. The molecule has 1 fully saturated rings. The Bertz CT molecular complexity index is 695. The van der Waals surface area contributed by atoms with Crippen LogP contribution in [0.15, 0.2) is 42.5 Å². The molecule has 0 spiro atoms. The number of hydrogen-bond donors (Lipinski definition) is 2. The first kappa shape index (κ1) is 17.9. The number of nitrogens with two attached hydrogens (primary N) is 1. The van der Waals surface area contributed by atoms with Crippen LogP contribution in [0.25, 0.3) is 11.1 Å². The maximum atomic E-state index is 11.6. The highest BCUT2D eigenvalue weighted by Gasteiger charge is 2.25. The van der Waals surface area contributed by atoms with Crippen LogP contribution >= 0.6 is 0 Å². The van der Waals surface area contributed by atoms with Gasteiger partial charge in [0, 0.05) is 5.56 Å². The van der Waals surface area contributed by atoms with Gasteiger partial charge in [-0.2, -0.15) is 0 Å². The van der Waals surface area contributed by atoms with Gasteiger partial charge in [0.15, 0.2) is 0 Å². The van der Waals surface area contributed by atoms with Crippen molar-refractivity contribution in [3.63, 3.8) is 0 Å². The summed E-state index contributed by atoms with van der Waals surface area (Å²) in [5.41, 5.74) is 9.05. The van der Waals surface area contributed by atoms with E-state index in [-0.39, 0.29) is 22.4 Å². The minimum atomic E-state index is -0.320. The Morgan fingerprint density at radius 1 is 1.04 bits per heavy atom. The summed E-state index contributed by atoms with van der Waals surface area (Å²) in [6.45, 7) is 0. The Morgan fingerprint density at radius 3 is 2.33 bits per heavy atom. The molecule has 128 valence electrons. The monoisotopic (exact) mass is 327 g/mol. The van der Waals surface area contributed by atoms with E-state index in [1.165, 1.54) is 19.3 Å². The molecule has 2 aromatic carbocycles. The number of nitrogens with zero attached hydrogens (tertiary/aromatic N) is 1. The maximum Gasteiger partial charge on any atom is 0.295 e. The van der Waals surface area contributed by atoms with Crippen molar-refractivity contribution in [2.75, 3.05) is 5.73 Å². The molecule has 5 heteroatoms. The third-order valence-corrected chi connectivity index (χ3v) is 4.80. The molecule has 0 heterocycles. The SMILES string of the molecule is N.Nc1ccc(-c2ccccc2)c(CC2CCCCC2)c1[N+](=O)[O-]. The molecule has 1 aliphatic rings. The van der Waals surface area contributed by atoms with Crippen LogP contribution in [0.5, 0.6) is 0 Å². The van der Waals surface area contributed by atoms with E-state index in [1.807, 2.05) is 36.4 Å². The van der Waals surface area contributed by atoms with E-state index in [0.717, 1.165) is 36.0 Å². The van der Waals surface area contributed by atoms with E-state index in [2.05, 4.69) is 0 Å². The molecule has 2 aromatic rings. The Balaban J connectivity index is 0.00000208. The smallest absolute Gasteiger partial charge is 0.295 e. The zero-order chi connectivity index (χ0) is 16.2. The van der Waals surface area contributed by atoms with Gasteiger partial charge in [-0.05, 0) is 29.5 Å². The molecule has 24 heavy (non-hydrogen) atoms. The summed E-state index contributed by atoms with van der Waals surface area (Å²) in [6, 6.07) is 13.5. The standard InChI is InChI=1S/C19H22N2O2.H3N/c20-18-12-11-16(15-9-5-2-6-10-15)17(19(18)21(22)23)13-14-7-3-1-4-8-14;/h2,5-6,9-12,14H,1,3-4,7-8,13,20H2;1H3. The number of nitro benzene ring substituents is 1. The lowest BCUT2D eigenvalue weighted by atomic mass is 9.82.